The maximum Gasteiger partial charge on any atom is 0.189 e. The van der Waals surface area contributed by atoms with Crippen LogP contribution in [0.4, 0.5) is 0 Å². The summed E-state index contributed by atoms with van der Waals surface area (Å²) < 4.78 is 22.7. The van der Waals surface area contributed by atoms with E-state index in [1.54, 1.807) is 0 Å². The fourth-order valence-corrected chi connectivity index (χ4v) is 2.56. The van der Waals surface area contributed by atoms with E-state index in [9.17, 15) is 4.21 Å². The van der Waals surface area contributed by atoms with Gasteiger partial charge in [0.25, 0.3) is 0 Å². The Morgan fingerprint density at radius 3 is 2.76 bits per heavy atom. The molecule has 2 atom stereocenters. The average molecular weight is 254 g/mol. The van der Waals surface area contributed by atoms with E-state index in [0.29, 0.717) is 11.5 Å². The van der Waals surface area contributed by atoms with Gasteiger partial charge < -0.3 is 4.74 Å². The fourth-order valence-electron chi connectivity index (χ4n) is 1.79. The van der Waals surface area contributed by atoms with Crippen LogP contribution in [0.1, 0.15) is 24.8 Å². The van der Waals surface area contributed by atoms with E-state index >= 15 is 0 Å². The summed E-state index contributed by atoms with van der Waals surface area (Å²) in [6.45, 7) is 3.22. The zero-order valence-electron chi connectivity index (χ0n) is 10.1. The quantitative estimate of drug-likeness (QED) is 0.828. The molecule has 0 bridgehead atoms. The molecular formula is C13H18O3S. The molecule has 0 N–H and O–H groups in total. The molecule has 17 heavy (non-hydrogen) atoms. The Bertz CT molecular complexity index is 369. The normalized spacial score (nSPS) is 22.3. The van der Waals surface area contributed by atoms with Crippen molar-refractivity contribution in [2.45, 2.75) is 37.2 Å². The van der Waals surface area contributed by atoms with Crippen LogP contribution in [0.3, 0.4) is 0 Å². The number of benzene rings is 1. The van der Waals surface area contributed by atoms with Gasteiger partial charge in [0.2, 0.25) is 0 Å². The lowest BCUT2D eigenvalue weighted by molar-refractivity contribution is -0.00839. The van der Waals surface area contributed by atoms with Crippen LogP contribution in [0.5, 0.6) is 0 Å². The molecule has 1 saturated heterocycles. The zero-order valence-corrected chi connectivity index (χ0v) is 10.9. The number of ether oxygens (including phenoxy) is 1. The van der Waals surface area contributed by atoms with E-state index in [2.05, 4.69) is 0 Å². The van der Waals surface area contributed by atoms with Crippen molar-refractivity contribution in [2.75, 3.05) is 13.2 Å². The van der Waals surface area contributed by atoms with Crippen LogP contribution in [0, 0.1) is 6.92 Å². The molecule has 94 valence electrons. The highest BCUT2D eigenvalue weighted by Gasteiger charge is 2.15. The SMILES string of the molecule is Cc1ccc(S(=O)OCC2CCCCO2)cc1. The molecule has 1 aliphatic heterocycles. The predicted octanol–water partition coefficient (Wildman–Crippen LogP) is 2.60. The molecule has 1 heterocycles. The minimum absolute atomic E-state index is 0.109. The molecule has 1 aromatic carbocycles. The summed E-state index contributed by atoms with van der Waals surface area (Å²) in [6, 6.07) is 7.56. The van der Waals surface area contributed by atoms with Gasteiger partial charge in [-0.2, -0.15) is 0 Å². The number of aryl methyl sites for hydroxylation is 1. The molecule has 0 amide bonds. The molecule has 1 fully saturated rings. The Morgan fingerprint density at radius 1 is 1.35 bits per heavy atom. The van der Waals surface area contributed by atoms with Crippen LogP contribution in [0.15, 0.2) is 29.2 Å². The first kappa shape index (κ1) is 12.7. The van der Waals surface area contributed by atoms with Crippen molar-refractivity contribution in [3.8, 4) is 0 Å². The lowest BCUT2D eigenvalue weighted by Gasteiger charge is -2.21. The Kier molecular flexibility index (Phi) is 4.71. The van der Waals surface area contributed by atoms with Crippen LogP contribution in [0.2, 0.25) is 0 Å². The molecule has 0 radical (unpaired) electrons. The summed E-state index contributed by atoms with van der Waals surface area (Å²) in [5.41, 5.74) is 1.15. The van der Waals surface area contributed by atoms with Gasteiger partial charge in [-0.1, -0.05) is 17.7 Å². The van der Waals surface area contributed by atoms with E-state index in [-0.39, 0.29) is 6.10 Å². The topological polar surface area (TPSA) is 35.5 Å². The summed E-state index contributed by atoms with van der Waals surface area (Å²) in [5, 5.41) is 0. The molecule has 0 saturated carbocycles. The predicted molar refractivity (Wildman–Crippen MR) is 67.1 cm³/mol. The third kappa shape index (κ3) is 3.91. The average Bonchev–Trinajstić information content (AvgIpc) is 2.38. The summed E-state index contributed by atoms with van der Waals surface area (Å²) in [4.78, 5) is 0.714. The Labute approximate surface area is 105 Å². The molecule has 0 aliphatic carbocycles. The van der Waals surface area contributed by atoms with Crippen molar-refractivity contribution >= 4 is 11.1 Å². The van der Waals surface area contributed by atoms with Crippen molar-refractivity contribution in [3.05, 3.63) is 29.8 Å². The number of hydrogen-bond acceptors (Lipinski definition) is 3. The molecule has 3 nitrogen and oxygen atoms in total. The second-order valence-electron chi connectivity index (χ2n) is 4.32. The molecule has 1 aliphatic rings. The lowest BCUT2D eigenvalue weighted by atomic mass is 10.1. The van der Waals surface area contributed by atoms with Crippen LogP contribution in [0.25, 0.3) is 0 Å². The minimum Gasteiger partial charge on any atom is -0.376 e. The van der Waals surface area contributed by atoms with Crippen molar-refractivity contribution in [2.24, 2.45) is 0 Å². The van der Waals surface area contributed by atoms with Gasteiger partial charge in [0.1, 0.15) is 0 Å². The minimum atomic E-state index is -1.37. The highest BCUT2D eigenvalue weighted by molar-refractivity contribution is 7.80. The van der Waals surface area contributed by atoms with Gasteiger partial charge >= 0.3 is 0 Å². The first-order valence-electron chi connectivity index (χ1n) is 5.99. The first-order valence-corrected chi connectivity index (χ1v) is 7.06. The molecule has 1 aromatic rings. The number of rotatable bonds is 4. The Balaban J connectivity index is 1.82. The molecule has 0 spiro atoms. The maximum atomic E-state index is 11.8. The van der Waals surface area contributed by atoms with Gasteiger partial charge in [-0.25, -0.2) is 4.21 Å². The van der Waals surface area contributed by atoms with Gasteiger partial charge in [-0.15, -0.1) is 0 Å². The summed E-state index contributed by atoms with van der Waals surface area (Å²) in [7, 11) is 0. The van der Waals surface area contributed by atoms with E-state index < -0.39 is 11.1 Å². The molecule has 2 rings (SSSR count). The summed E-state index contributed by atoms with van der Waals surface area (Å²) in [5.74, 6) is 0. The van der Waals surface area contributed by atoms with Crippen molar-refractivity contribution < 1.29 is 13.1 Å². The summed E-state index contributed by atoms with van der Waals surface area (Å²) in [6.07, 6.45) is 3.41. The highest BCUT2D eigenvalue weighted by Crippen LogP contribution is 2.15. The third-order valence-corrected chi connectivity index (χ3v) is 3.86. The van der Waals surface area contributed by atoms with Crippen LogP contribution < -0.4 is 0 Å². The molecular weight excluding hydrogens is 236 g/mol. The standard InChI is InChI=1S/C13H18O3S/c1-11-5-7-13(8-6-11)17(14)16-10-12-4-2-3-9-15-12/h5-8,12H,2-4,9-10H2,1H3. The smallest absolute Gasteiger partial charge is 0.189 e. The van der Waals surface area contributed by atoms with Crippen molar-refractivity contribution in [1.29, 1.82) is 0 Å². The van der Waals surface area contributed by atoms with Crippen molar-refractivity contribution in [3.63, 3.8) is 0 Å². The van der Waals surface area contributed by atoms with Crippen molar-refractivity contribution in [1.82, 2.24) is 0 Å². The van der Waals surface area contributed by atoms with E-state index in [0.717, 1.165) is 25.0 Å². The van der Waals surface area contributed by atoms with Crippen LogP contribution in [-0.2, 0) is 20.0 Å². The monoisotopic (exact) mass is 254 g/mol. The van der Waals surface area contributed by atoms with E-state index in [4.69, 9.17) is 8.92 Å². The van der Waals surface area contributed by atoms with Gasteiger partial charge in [-0.3, -0.25) is 4.18 Å². The Hall–Kier alpha value is -0.710. The molecule has 4 heteroatoms. The van der Waals surface area contributed by atoms with Gasteiger partial charge in [0.05, 0.1) is 17.6 Å². The largest absolute Gasteiger partial charge is 0.376 e. The van der Waals surface area contributed by atoms with Gasteiger partial charge in [-0.05, 0) is 38.3 Å². The highest BCUT2D eigenvalue weighted by atomic mass is 32.2. The Morgan fingerprint density at radius 2 is 2.12 bits per heavy atom. The molecule has 2 unspecified atom stereocenters. The van der Waals surface area contributed by atoms with Gasteiger partial charge in [0.15, 0.2) is 11.1 Å². The second-order valence-corrected chi connectivity index (χ2v) is 5.50. The molecule has 0 aromatic heterocycles. The number of hydrogen-bond donors (Lipinski definition) is 0. The van der Waals surface area contributed by atoms with Gasteiger partial charge in [0, 0.05) is 6.61 Å². The third-order valence-electron chi connectivity index (χ3n) is 2.85. The zero-order chi connectivity index (χ0) is 12.1. The van der Waals surface area contributed by atoms with Crippen LogP contribution >= 0.6 is 0 Å². The van der Waals surface area contributed by atoms with E-state index in [1.807, 2.05) is 31.2 Å². The lowest BCUT2D eigenvalue weighted by Crippen LogP contribution is -2.24. The summed E-state index contributed by atoms with van der Waals surface area (Å²) >= 11 is -1.37. The fraction of sp³-hybridized carbons (Fsp3) is 0.538. The maximum absolute atomic E-state index is 11.8. The second kappa shape index (κ2) is 6.28. The first-order chi connectivity index (χ1) is 8.25. The van der Waals surface area contributed by atoms with E-state index in [1.165, 1.54) is 6.42 Å². The van der Waals surface area contributed by atoms with Crippen LogP contribution in [-0.4, -0.2) is 23.5 Å².